The molecule has 0 aliphatic carbocycles. The molecule has 0 heterocycles. The third-order valence-corrected chi connectivity index (χ3v) is 2.99. The second kappa shape index (κ2) is 6.02. The van der Waals surface area contributed by atoms with E-state index in [-0.39, 0.29) is 11.7 Å². The van der Waals surface area contributed by atoms with Gasteiger partial charge in [0, 0.05) is 11.1 Å². The molecule has 0 aliphatic heterocycles. The number of rotatable bonds is 3. The number of hydrogen-bond acceptors (Lipinski definition) is 3. The highest BCUT2D eigenvalue weighted by molar-refractivity contribution is 6.01. The third kappa shape index (κ3) is 3.23. The van der Waals surface area contributed by atoms with Crippen molar-refractivity contribution < 1.29 is 9.90 Å². The molecule has 2 rings (SSSR count). The van der Waals surface area contributed by atoms with E-state index in [2.05, 4.69) is 10.5 Å². The van der Waals surface area contributed by atoms with E-state index in [1.165, 1.54) is 12.1 Å². The first-order valence-corrected chi connectivity index (χ1v) is 6.27. The number of phenols is 1. The monoisotopic (exact) mass is 268 g/mol. The molecule has 1 amide bonds. The van der Waals surface area contributed by atoms with Crippen LogP contribution in [0.15, 0.2) is 53.6 Å². The Balaban J connectivity index is 2.11. The Kier molecular flexibility index (Phi) is 4.15. The molecule has 2 aromatic rings. The van der Waals surface area contributed by atoms with Gasteiger partial charge in [0.2, 0.25) is 0 Å². The first-order valence-electron chi connectivity index (χ1n) is 6.27. The largest absolute Gasteiger partial charge is 0.508 e. The van der Waals surface area contributed by atoms with Crippen molar-refractivity contribution in [2.24, 2.45) is 5.10 Å². The van der Waals surface area contributed by atoms with Crippen LogP contribution in [0.3, 0.4) is 0 Å². The summed E-state index contributed by atoms with van der Waals surface area (Å²) >= 11 is 0. The number of carbonyl (C=O) groups is 1. The van der Waals surface area contributed by atoms with Gasteiger partial charge in [-0.1, -0.05) is 24.3 Å². The van der Waals surface area contributed by atoms with Gasteiger partial charge in [-0.25, -0.2) is 5.43 Å². The van der Waals surface area contributed by atoms with Gasteiger partial charge in [-0.15, -0.1) is 0 Å². The molecule has 0 atom stereocenters. The number of aromatic hydroxyl groups is 1. The van der Waals surface area contributed by atoms with Crippen molar-refractivity contribution in [3.63, 3.8) is 0 Å². The van der Waals surface area contributed by atoms with E-state index in [0.717, 1.165) is 16.8 Å². The predicted octanol–water partition coefficient (Wildman–Crippen LogP) is 2.85. The summed E-state index contributed by atoms with van der Waals surface area (Å²) in [5.74, 6) is -0.181. The van der Waals surface area contributed by atoms with Crippen LogP contribution in [-0.2, 0) is 0 Å². The number of amides is 1. The number of carbonyl (C=O) groups excluding carboxylic acids is 1. The standard InChI is InChI=1S/C16H16N2O2/c1-11-5-3-4-6-15(11)12(2)17-18-16(20)13-7-9-14(19)10-8-13/h3-10,19H,1-2H3,(H,18,20)/b17-12-. The summed E-state index contributed by atoms with van der Waals surface area (Å²) in [4.78, 5) is 11.9. The Labute approximate surface area is 117 Å². The molecule has 4 nitrogen and oxygen atoms in total. The van der Waals surface area contributed by atoms with Gasteiger partial charge in [-0.05, 0) is 43.7 Å². The second-order valence-corrected chi connectivity index (χ2v) is 4.50. The maximum absolute atomic E-state index is 11.9. The van der Waals surface area contributed by atoms with Crippen molar-refractivity contribution >= 4 is 11.6 Å². The number of nitrogens with one attached hydrogen (secondary N) is 1. The van der Waals surface area contributed by atoms with E-state index in [1.54, 1.807) is 12.1 Å². The molecule has 0 saturated carbocycles. The molecule has 0 radical (unpaired) electrons. The van der Waals surface area contributed by atoms with Crippen LogP contribution in [-0.4, -0.2) is 16.7 Å². The number of hydrazone groups is 1. The van der Waals surface area contributed by atoms with Gasteiger partial charge in [0.1, 0.15) is 5.75 Å². The van der Waals surface area contributed by atoms with Crippen LogP contribution >= 0.6 is 0 Å². The smallest absolute Gasteiger partial charge is 0.271 e. The van der Waals surface area contributed by atoms with Crippen molar-refractivity contribution in [3.05, 3.63) is 65.2 Å². The molecule has 0 unspecified atom stereocenters. The predicted molar refractivity (Wildman–Crippen MR) is 79.0 cm³/mol. The average molecular weight is 268 g/mol. The Bertz CT molecular complexity index is 646. The van der Waals surface area contributed by atoms with Crippen molar-refractivity contribution in [1.29, 1.82) is 0 Å². The lowest BCUT2D eigenvalue weighted by molar-refractivity contribution is 0.0955. The van der Waals surface area contributed by atoms with Crippen LogP contribution in [0.4, 0.5) is 0 Å². The average Bonchev–Trinajstić information content (AvgIpc) is 2.45. The summed E-state index contributed by atoms with van der Waals surface area (Å²) in [5.41, 5.74) is 5.81. The zero-order valence-electron chi connectivity index (χ0n) is 11.4. The quantitative estimate of drug-likeness (QED) is 0.664. The second-order valence-electron chi connectivity index (χ2n) is 4.50. The number of phenolic OH excluding ortho intramolecular Hbond substituents is 1. The van der Waals surface area contributed by atoms with Crippen LogP contribution in [0, 0.1) is 6.92 Å². The fourth-order valence-corrected chi connectivity index (χ4v) is 1.85. The fraction of sp³-hybridized carbons (Fsp3) is 0.125. The third-order valence-electron chi connectivity index (χ3n) is 2.99. The van der Waals surface area contributed by atoms with Gasteiger partial charge in [0.15, 0.2) is 0 Å². The van der Waals surface area contributed by atoms with E-state index in [1.807, 2.05) is 38.1 Å². The van der Waals surface area contributed by atoms with Crippen molar-refractivity contribution in [1.82, 2.24) is 5.43 Å². The van der Waals surface area contributed by atoms with E-state index in [0.29, 0.717) is 5.56 Å². The van der Waals surface area contributed by atoms with Gasteiger partial charge in [-0.2, -0.15) is 5.10 Å². The van der Waals surface area contributed by atoms with Crippen LogP contribution in [0.5, 0.6) is 5.75 Å². The van der Waals surface area contributed by atoms with Gasteiger partial charge < -0.3 is 5.11 Å². The molecule has 0 spiro atoms. The summed E-state index contributed by atoms with van der Waals surface area (Å²) in [6.45, 7) is 3.84. The lowest BCUT2D eigenvalue weighted by Crippen LogP contribution is -2.19. The van der Waals surface area contributed by atoms with Crippen LogP contribution in [0.25, 0.3) is 0 Å². The maximum Gasteiger partial charge on any atom is 0.271 e. The summed E-state index contributed by atoms with van der Waals surface area (Å²) in [6, 6.07) is 13.9. The maximum atomic E-state index is 11.9. The molecule has 20 heavy (non-hydrogen) atoms. The number of benzene rings is 2. The van der Waals surface area contributed by atoms with E-state index >= 15 is 0 Å². The van der Waals surface area contributed by atoms with Gasteiger partial charge in [-0.3, -0.25) is 4.79 Å². The van der Waals surface area contributed by atoms with Gasteiger partial charge in [0.25, 0.3) is 5.91 Å². The van der Waals surface area contributed by atoms with Gasteiger partial charge in [0.05, 0.1) is 5.71 Å². The highest BCUT2D eigenvalue weighted by Crippen LogP contribution is 2.10. The van der Waals surface area contributed by atoms with Crippen molar-refractivity contribution in [2.45, 2.75) is 13.8 Å². The Morgan fingerprint density at radius 2 is 1.75 bits per heavy atom. The van der Waals surface area contributed by atoms with Crippen molar-refractivity contribution in [3.8, 4) is 5.75 Å². The lowest BCUT2D eigenvalue weighted by atomic mass is 10.1. The molecule has 0 fully saturated rings. The highest BCUT2D eigenvalue weighted by Gasteiger charge is 2.05. The molecule has 0 bridgehead atoms. The summed E-state index contributed by atoms with van der Waals surface area (Å²) < 4.78 is 0. The molecule has 2 aromatic carbocycles. The fourth-order valence-electron chi connectivity index (χ4n) is 1.85. The molecular weight excluding hydrogens is 252 g/mol. The number of nitrogens with zero attached hydrogens (tertiary/aromatic N) is 1. The van der Waals surface area contributed by atoms with E-state index < -0.39 is 0 Å². The van der Waals surface area contributed by atoms with Crippen LogP contribution in [0.2, 0.25) is 0 Å². The van der Waals surface area contributed by atoms with Crippen molar-refractivity contribution in [2.75, 3.05) is 0 Å². The molecule has 2 N–H and O–H groups in total. The lowest BCUT2D eigenvalue weighted by Gasteiger charge is -2.05. The summed E-state index contributed by atoms with van der Waals surface area (Å²) in [7, 11) is 0. The normalized spacial score (nSPS) is 11.2. The molecule has 4 heteroatoms. The minimum absolute atomic E-state index is 0.126. The Morgan fingerprint density at radius 3 is 2.40 bits per heavy atom. The minimum Gasteiger partial charge on any atom is -0.508 e. The Hall–Kier alpha value is -2.62. The minimum atomic E-state index is -0.307. The highest BCUT2D eigenvalue weighted by atomic mass is 16.3. The molecule has 0 aromatic heterocycles. The first-order chi connectivity index (χ1) is 9.58. The van der Waals surface area contributed by atoms with Crippen LogP contribution in [0.1, 0.15) is 28.4 Å². The number of hydrogen-bond donors (Lipinski definition) is 2. The van der Waals surface area contributed by atoms with Crippen LogP contribution < -0.4 is 5.43 Å². The first kappa shape index (κ1) is 13.8. The molecule has 0 aliphatic rings. The van der Waals surface area contributed by atoms with Gasteiger partial charge >= 0.3 is 0 Å². The summed E-state index contributed by atoms with van der Waals surface area (Å²) in [6.07, 6.45) is 0. The number of aryl methyl sites for hydroxylation is 1. The van der Waals surface area contributed by atoms with E-state index in [9.17, 15) is 9.90 Å². The Morgan fingerprint density at radius 1 is 1.10 bits per heavy atom. The summed E-state index contributed by atoms with van der Waals surface area (Å²) in [5, 5.41) is 13.3. The topological polar surface area (TPSA) is 61.7 Å². The molecule has 102 valence electrons. The zero-order valence-corrected chi connectivity index (χ0v) is 11.4. The molecule has 0 saturated heterocycles. The zero-order chi connectivity index (χ0) is 14.5. The SMILES string of the molecule is C/C(=N/NC(=O)c1ccc(O)cc1)c1ccccc1C. The van der Waals surface area contributed by atoms with E-state index in [4.69, 9.17) is 0 Å². The molecular formula is C16H16N2O2.